The summed E-state index contributed by atoms with van der Waals surface area (Å²) in [4.78, 5) is 4.71. The number of dihydropyridines is 1. The summed E-state index contributed by atoms with van der Waals surface area (Å²) in [5.41, 5.74) is 5.18. The lowest BCUT2D eigenvalue weighted by Gasteiger charge is -2.25. The molecular formula is C15H15Cl2N. The number of allylic oxidation sites excluding steroid dienone is 1. The van der Waals surface area contributed by atoms with Crippen molar-refractivity contribution in [3.63, 3.8) is 0 Å². The van der Waals surface area contributed by atoms with Crippen LogP contribution in [-0.2, 0) is 0 Å². The topological polar surface area (TPSA) is 12.4 Å². The van der Waals surface area contributed by atoms with E-state index in [2.05, 4.69) is 0 Å². The Labute approximate surface area is 118 Å². The highest BCUT2D eigenvalue weighted by Gasteiger charge is 2.22. The second kappa shape index (κ2) is 5.07. The van der Waals surface area contributed by atoms with Crippen molar-refractivity contribution >= 4 is 28.9 Å². The first kappa shape index (κ1) is 12.3. The van der Waals surface area contributed by atoms with Gasteiger partial charge in [-0.3, -0.25) is 4.99 Å². The van der Waals surface area contributed by atoms with Crippen molar-refractivity contribution in [3.8, 4) is 0 Å². The molecule has 1 heterocycles. The van der Waals surface area contributed by atoms with Crippen molar-refractivity contribution in [3.05, 3.63) is 45.0 Å². The minimum Gasteiger partial charge on any atom is -0.284 e. The molecule has 0 aromatic heterocycles. The maximum absolute atomic E-state index is 6.31. The van der Waals surface area contributed by atoms with Gasteiger partial charge in [0.15, 0.2) is 0 Å². The van der Waals surface area contributed by atoms with E-state index in [0.717, 1.165) is 30.7 Å². The monoisotopic (exact) mass is 279 g/mol. The lowest BCUT2D eigenvalue weighted by molar-refractivity contribution is 0.655. The molecule has 1 aliphatic heterocycles. The van der Waals surface area contributed by atoms with Crippen LogP contribution in [0.25, 0.3) is 0 Å². The summed E-state index contributed by atoms with van der Waals surface area (Å²) >= 11 is 12.3. The van der Waals surface area contributed by atoms with Crippen molar-refractivity contribution < 1.29 is 0 Å². The molecule has 0 spiro atoms. The van der Waals surface area contributed by atoms with E-state index >= 15 is 0 Å². The zero-order valence-corrected chi connectivity index (χ0v) is 11.7. The predicted molar refractivity (Wildman–Crippen MR) is 78.0 cm³/mol. The van der Waals surface area contributed by atoms with Gasteiger partial charge in [0.1, 0.15) is 0 Å². The van der Waals surface area contributed by atoms with Crippen molar-refractivity contribution in [2.45, 2.75) is 32.1 Å². The largest absolute Gasteiger partial charge is 0.284 e. The van der Waals surface area contributed by atoms with Gasteiger partial charge in [0, 0.05) is 17.1 Å². The molecule has 3 rings (SSSR count). The Morgan fingerprint density at radius 1 is 1.00 bits per heavy atom. The number of hydrogen-bond donors (Lipinski definition) is 0. The average Bonchev–Trinajstić information content (AvgIpc) is 2.38. The van der Waals surface area contributed by atoms with Gasteiger partial charge in [0.05, 0.1) is 10.7 Å². The second-order valence-electron chi connectivity index (χ2n) is 4.89. The van der Waals surface area contributed by atoms with E-state index in [4.69, 9.17) is 28.2 Å². The molecule has 0 fully saturated rings. The van der Waals surface area contributed by atoms with Crippen LogP contribution in [0.1, 0.15) is 37.7 Å². The van der Waals surface area contributed by atoms with E-state index in [1.54, 1.807) is 11.6 Å². The Morgan fingerprint density at radius 3 is 2.67 bits per heavy atom. The molecule has 0 N–H and O–H groups in total. The Morgan fingerprint density at radius 2 is 1.83 bits per heavy atom. The summed E-state index contributed by atoms with van der Waals surface area (Å²) < 4.78 is 0. The third kappa shape index (κ3) is 2.22. The van der Waals surface area contributed by atoms with Crippen molar-refractivity contribution in [2.24, 2.45) is 4.99 Å². The van der Waals surface area contributed by atoms with Crippen LogP contribution in [0, 0.1) is 0 Å². The van der Waals surface area contributed by atoms with Gasteiger partial charge in [-0.05, 0) is 55.9 Å². The van der Waals surface area contributed by atoms with Gasteiger partial charge in [0.2, 0.25) is 0 Å². The number of halogens is 2. The van der Waals surface area contributed by atoms with Crippen LogP contribution in [-0.4, -0.2) is 12.3 Å². The first-order valence-corrected chi connectivity index (χ1v) is 7.22. The predicted octanol–water partition coefficient (Wildman–Crippen LogP) is 5.06. The molecule has 0 saturated heterocycles. The molecule has 3 heteroatoms. The fourth-order valence-corrected chi connectivity index (χ4v) is 3.35. The van der Waals surface area contributed by atoms with Gasteiger partial charge < -0.3 is 0 Å². The van der Waals surface area contributed by atoms with Crippen LogP contribution in [0.15, 0.2) is 34.3 Å². The van der Waals surface area contributed by atoms with Crippen LogP contribution < -0.4 is 0 Å². The standard InChI is InChI=1S/C15H15Cl2N/c16-11-5-6-13(14(17)9-11)15-12-4-2-1-3-10(12)7-8-18-15/h5-6,9H,1-4,7-8H2. The number of benzene rings is 1. The molecule has 1 nitrogen and oxygen atoms in total. The lowest BCUT2D eigenvalue weighted by atomic mass is 9.83. The fraction of sp³-hybridized carbons (Fsp3) is 0.400. The maximum Gasteiger partial charge on any atom is 0.0693 e. The van der Waals surface area contributed by atoms with Crippen LogP contribution in [0.3, 0.4) is 0 Å². The molecule has 0 atom stereocenters. The second-order valence-corrected chi connectivity index (χ2v) is 5.74. The van der Waals surface area contributed by atoms with Crippen LogP contribution in [0.2, 0.25) is 10.0 Å². The molecule has 1 aromatic carbocycles. The molecule has 94 valence electrons. The summed E-state index contributed by atoms with van der Waals surface area (Å²) in [6, 6.07) is 5.69. The highest BCUT2D eigenvalue weighted by Crippen LogP contribution is 2.34. The molecular weight excluding hydrogens is 265 g/mol. The fourth-order valence-electron chi connectivity index (χ4n) is 2.86. The third-order valence-corrected chi connectivity index (χ3v) is 4.29. The van der Waals surface area contributed by atoms with Crippen LogP contribution in [0.5, 0.6) is 0 Å². The van der Waals surface area contributed by atoms with Gasteiger partial charge in [-0.25, -0.2) is 0 Å². The normalized spacial score (nSPS) is 19.6. The van der Waals surface area contributed by atoms with Gasteiger partial charge in [-0.1, -0.05) is 28.8 Å². The van der Waals surface area contributed by atoms with E-state index in [-0.39, 0.29) is 0 Å². The zero-order chi connectivity index (χ0) is 12.5. The highest BCUT2D eigenvalue weighted by molar-refractivity contribution is 6.38. The van der Waals surface area contributed by atoms with E-state index in [1.165, 1.54) is 24.8 Å². The lowest BCUT2D eigenvalue weighted by Crippen LogP contribution is -2.17. The molecule has 1 aromatic rings. The minimum atomic E-state index is 0.679. The quantitative estimate of drug-likeness (QED) is 0.682. The number of nitrogens with zero attached hydrogens (tertiary/aromatic N) is 1. The highest BCUT2D eigenvalue weighted by atomic mass is 35.5. The number of rotatable bonds is 1. The molecule has 0 saturated carbocycles. The minimum absolute atomic E-state index is 0.679. The third-order valence-electron chi connectivity index (χ3n) is 3.74. The SMILES string of the molecule is Clc1ccc(C2=NCCC3=C2CCCC3)c(Cl)c1. The summed E-state index contributed by atoms with van der Waals surface area (Å²) in [6.07, 6.45) is 6.10. The molecule has 0 bridgehead atoms. The van der Waals surface area contributed by atoms with E-state index in [9.17, 15) is 0 Å². The summed E-state index contributed by atoms with van der Waals surface area (Å²) in [5, 5.41) is 1.39. The van der Waals surface area contributed by atoms with Gasteiger partial charge in [-0.2, -0.15) is 0 Å². The number of hydrogen-bond acceptors (Lipinski definition) is 1. The van der Waals surface area contributed by atoms with Crippen LogP contribution in [0.4, 0.5) is 0 Å². The van der Waals surface area contributed by atoms with Gasteiger partial charge in [-0.15, -0.1) is 0 Å². The van der Waals surface area contributed by atoms with Crippen molar-refractivity contribution in [2.75, 3.05) is 6.54 Å². The smallest absolute Gasteiger partial charge is 0.0693 e. The van der Waals surface area contributed by atoms with Gasteiger partial charge in [0.25, 0.3) is 0 Å². The summed E-state index contributed by atoms with van der Waals surface area (Å²) in [5.74, 6) is 0. The van der Waals surface area contributed by atoms with Crippen molar-refractivity contribution in [1.29, 1.82) is 0 Å². The van der Waals surface area contributed by atoms with Crippen molar-refractivity contribution in [1.82, 2.24) is 0 Å². The van der Waals surface area contributed by atoms with E-state index in [0.29, 0.717) is 10.0 Å². The first-order valence-electron chi connectivity index (χ1n) is 6.47. The van der Waals surface area contributed by atoms with E-state index in [1.807, 2.05) is 12.1 Å². The average molecular weight is 280 g/mol. The zero-order valence-electron chi connectivity index (χ0n) is 10.2. The van der Waals surface area contributed by atoms with Gasteiger partial charge >= 0.3 is 0 Å². The summed E-state index contributed by atoms with van der Waals surface area (Å²) in [7, 11) is 0. The Balaban J connectivity index is 2.05. The van der Waals surface area contributed by atoms with Crippen LogP contribution >= 0.6 is 23.2 Å². The summed E-state index contributed by atoms with van der Waals surface area (Å²) in [6.45, 7) is 0.896. The molecule has 0 radical (unpaired) electrons. The molecule has 0 unspecified atom stereocenters. The Bertz CT molecular complexity index is 543. The Kier molecular flexibility index (Phi) is 3.45. The molecule has 0 amide bonds. The Hall–Kier alpha value is -0.790. The first-order chi connectivity index (χ1) is 8.75. The molecule has 2 aliphatic rings. The molecule has 18 heavy (non-hydrogen) atoms. The van der Waals surface area contributed by atoms with E-state index < -0.39 is 0 Å². The molecule has 1 aliphatic carbocycles. The maximum atomic E-state index is 6.31. The number of aliphatic imine (C=N–C) groups is 1.